The minimum absolute atomic E-state index is 0.267. The summed E-state index contributed by atoms with van der Waals surface area (Å²) in [7, 11) is 0. The van der Waals surface area contributed by atoms with Crippen molar-refractivity contribution >= 4 is 22.6 Å². The van der Waals surface area contributed by atoms with Crippen LogP contribution in [0.1, 0.15) is 46.1 Å². The number of hydrazone groups is 1. The van der Waals surface area contributed by atoms with Gasteiger partial charge in [-0.25, -0.2) is 0 Å². The monoisotopic (exact) mass is 290 g/mol. The maximum atomic E-state index is 12.3. The lowest BCUT2D eigenvalue weighted by atomic mass is 9.86. The van der Waals surface area contributed by atoms with E-state index in [1.54, 1.807) is 11.8 Å². The Bertz CT molecular complexity index is 519. The number of nitrogens with one attached hydrogen (secondary N) is 1. The van der Waals surface area contributed by atoms with Crippen LogP contribution in [0.3, 0.4) is 0 Å². The number of thioether (sulfide) groups is 1. The molecule has 108 valence electrons. The Morgan fingerprint density at radius 3 is 2.50 bits per heavy atom. The van der Waals surface area contributed by atoms with Crippen molar-refractivity contribution in [3.05, 3.63) is 35.9 Å². The van der Waals surface area contributed by atoms with E-state index in [9.17, 15) is 4.79 Å². The van der Waals surface area contributed by atoms with Crippen LogP contribution in [0.4, 0.5) is 0 Å². The molecule has 0 bridgehead atoms. The lowest BCUT2D eigenvalue weighted by Gasteiger charge is -2.29. The molecule has 1 aromatic carbocycles. The number of hydrogen-bond acceptors (Lipinski definition) is 4. The second-order valence-corrected chi connectivity index (χ2v) is 7.57. The number of nitrogens with zero attached hydrogens (tertiary/aromatic N) is 1. The molecule has 0 saturated carbocycles. The zero-order valence-corrected chi connectivity index (χ0v) is 13.4. The number of rotatable bonds is 4. The van der Waals surface area contributed by atoms with Crippen molar-refractivity contribution in [2.75, 3.05) is 0 Å². The SMILES string of the molecule is CCC1(CC(=O)C(C)(C)C)NN=C(c2ccccc2)S1. The van der Waals surface area contributed by atoms with Gasteiger partial charge in [0.2, 0.25) is 0 Å². The molecule has 1 heterocycles. The summed E-state index contributed by atoms with van der Waals surface area (Å²) < 4.78 is 0. The van der Waals surface area contributed by atoms with Crippen LogP contribution in [-0.4, -0.2) is 15.7 Å². The van der Waals surface area contributed by atoms with Crippen LogP contribution in [0.5, 0.6) is 0 Å². The van der Waals surface area contributed by atoms with E-state index in [4.69, 9.17) is 0 Å². The third-order valence-corrected chi connectivity index (χ3v) is 4.96. The maximum Gasteiger partial charge on any atom is 0.141 e. The first-order valence-corrected chi connectivity index (χ1v) is 7.80. The van der Waals surface area contributed by atoms with E-state index in [2.05, 4.69) is 17.5 Å². The number of Topliss-reactive ketones (excluding diaryl/α,β-unsaturated/α-hetero) is 1. The molecule has 0 amide bonds. The molecule has 1 unspecified atom stereocenters. The summed E-state index contributed by atoms with van der Waals surface area (Å²) in [6.07, 6.45) is 1.36. The molecule has 0 saturated heterocycles. The van der Waals surface area contributed by atoms with E-state index < -0.39 is 0 Å². The molecule has 20 heavy (non-hydrogen) atoms. The van der Waals surface area contributed by atoms with Crippen molar-refractivity contribution in [2.45, 2.75) is 45.4 Å². The first-order chi connectivity index (χ1) is 9.36. The minimum Gasteiger partial charge on any atom is -0.299 e. The molecule has 0 aromatic heterocycles. The van der Waals surface area contributed by atoms with Crippen LogP contribution in [0.25, 0.3) is 0 Å². The molecule has 1 aromatic rings. The van der Waals surface area contributed by atoms with Gasteiger partial charge in [-0.1, -0.05) is 69.8 Å². The summed E-state index contributed by atoms with van der Waals surface area (Å²) in [5.41, 5.74) is 4.00. The predicted octanol–water partition coefficient (Wildman–Crippen LogP) is 3.80. The van der Waals surface area contributed by atoms with E-state index in [0.717, 1.165) is 17.0 Å². The van der Waals surface area contributed by atoms with Gasteiger partial charge in [-0.05, 0) is 6.42 Å². The molecule has 1 aliphatic heterocycles. The minimum atomic E-state index is -0.306. The van der Waals surface area contributed by atoms with E-state index in [1.807, 2.05) is 51.1 Å². The molecule has 0 spiro atoms. The van der Waals surface area contributed by atoms with Gasteiger partial charge < -0.3 is 0 Å². The smallest absolute Gasteiger partial charge is 0.141 e. The average molecular weight is 290 g/mol. The summed E-state index contributed by atoms with van der Waals surface area (Å²) in [5.74, 6) is 0.267. The van der Waals surface area contributed by atoms with Crippen molar-refractivity contribution in [3.8, 4) is 0 Å². The quantitative estimate of drug-likeness (QED) is 0.917. The number of hydrogen-bond donors (Lipinski definition) is 1. The Kier molecular flexibility index (Phi) is 4.23. The van der Waals surface area contributed by atoms with Gasteiger partial charge in [0.15, 0.2) is 0 Å². The average Bonchev–Trinajstić information content (AvgIpc) is 2.83. The molecule has 2 rings (SSSR count). The lowest BCUT2D eigenvalue weighted by Crippen LogP contribution is -2.40. The summed E-state index contributed by atoms with van der Waals surface area (Å²) >= 11 is 1.67. The van der Waals surface area contributed by atoms with Gasteiger partial charge in [-0.2, -0.15) is 5.10 Å². The second-order valence-electron chi connectivity index (χ2n) is 6.19. The fourth-order valence-corrected chi connectivity index (χ4v) is 3.12. The van der Waals surface area contributed by atoms with Crippen LogP contribution < -0.4 is 5.43 Å². The molecule has 4 heteroatoms. The zero-order chi connectivity index (χ0) is 14.8. The summed E-state index contributed by atoms with van der Waals surface area (Å²) in [4.78, 5) is 12.0. The number of carbonyl (C=O) groups excluding carboxylic acids is 1. The predicted molar refractivity (Wildman–Crippen MR) is 85.8 cm³/mol. The zero-order valence-electron chi connectivity index (χ0n) is 12.6. The van der Waals surface area contributed by atoms with Crippen molar-refractivity contribution in [1.29, 1.82) is 0 Å². The molecular weight excluding hydrogens is 268 g/mol. The van der Waals surface area contributed by atoms with E-state index in [0.29, 0.717) is 6.42 Å². The molecule has 1 atom stereocenters. The topological polar surface area (TPSA) is 41.5 Å². The molecule has 0 radical (unpaired) electrons. The fraction of sp³-hybridized carbons (Fsp3) is 0.500. The second kappa shape index (κ2) is 5.60. The maximum absolute atomic E-state index is 12.3. The van der Waals surface area contributed by atoms with Crippen molar-refractivity contribution in [3.63, 3.8) is 0 Å². The number of carbonyl (C=O) groups is 1. The highest BCUT2D eigenvalue weighted by Crippen LogP contribution is 2.39. The van der Waals surface area contributed by atoms with Crippen LogP contribution in [-0.2, 0) is 4.79 Å². The molecule has 1 N–H and O–H groups in total. The highest BCUT2D eigenvalue weighted by atomic mass is 32.2. The summed E-state index contributed by atoms with van der Waals surface area (Å²) in [5, 5.41) is 5.41. The van der Waals surface area contributed by atoms with Gasteiger partial charge in [0.25, 0.3) is 0 Å². The van der Waals surface area contributed by atoms with E-state index in [-0.39, 0.29) is 16.1 Å². The van der Waals surface area contributed by atoms with E-state index >= 15 is 0 Å². The first-order valence-electron chi connectivity index (χ1n) is 6.99. The van der Waals surface area contributed by atoms with Gasteiger partial charge in [0.05, 0.1) is 0 Å². The standard InChI is InChI=1S/C16H22N2OS/c1-5-16(11-13(19)15(2,3)4)18-17-14(20-16)12-9-7-6-8-10-12/h6-10,18H,5,11H2,1-4H3. The van der Waals surface area contributed by atoms with Gasteiger partial charge in [-0.3, -0.25) is 10.2 Å². The largest absolute Gasteiger partial charge is 0.299 e. The van der Waals surface area contributed by atoms with Crippen LogP contribution in [0.2, 0.25) is 0 Å². The highest BCUT2D eigenvalue weighted by Gasteiger charge is 2.40. The lowest BCUT2D eigenvalue weighted by molar-refractivity contribution is -0.127. The molecule has 3 nitrogen and oxygen atoms in total. The van der Waals surface area contributed by atoms with Crippen LogP contribution in [0, 0.1) is 5.41 Å². The Hall–Kier alpha value is -1.29. The van der Waals surface area contributed by atoms with Crippen molar-refractivity contribution in [1.82, 2.24) is 5.43 Å². The van der Waals surface area contributed by atoms with Crippen molar-refractivity contribution in [2.24, 2.45) is 10.5 Å². The third-order valence-electron chi connectivity index (χ3n) is 3.53. The Balaban J connectivity index is 2.12. The summed E-state index contributed by atoms with van der Waals surface area (Å²) in [6, 6.07) is 10.1. The molecule has 0 fully saturated rings. The summed E-state index contributed by atoms with van der Waals surface area (Å²) in [6.45, 7) is 8.01. The van der Waals surface area contributed by atoms with Crippen LogP contribution >= 0.6 is 11.8 Å². The van der Waals surface area contributed by atoms with Crippen LogP contribution in [0.15, 0.2) is 35.4 Å². The fourth-order valence-electron chi connectivity index (χ4n) is 1.96. The first kappa shape index (κ1) is 15.1. The Labute approximate surface area is 125 Å². The Morgan fingerprint density at radius 2 is 1.95 bits per heavy atom. The van der Waals surface area contributed by atoms with Gasteiger partial charge in [0.1, 0.15) is 15.7 Å². The molecule has 1 aliphatic rings. The van der Waals surface area contributed by atoms with Gasteiger partial charge in [0, 0.05) is 17.4 Å². The number of benzene rings is 1. The van der Waals surface area contributed by atoms with Crippen molar-refractivity contribution < 1.29 is 4.79 Å². The highest BCUT2D eigenvalue weighted by molar-refractivity contribution is 8.15. The Morgan fingerprint density at radius 1 is 1.30 bits per heavy atom. The normalized spacial score (nSPS) is 22.3. The van der Waals surface area contributed by atoms with Gasteiger partial charge >= 0.3 is 0 Å². The van der Waals surface area contributed by atoms with Gasteiger partial charge in [-0.15, -0.1) is 0 Å². The molecule has 0 aliphatic carbocycles. The van der Waals surface area contributed by atoms with E-state index in [1.165, 1.54) is 0 Å². The number of ketones is 1. The molecular formula is C16H22N2OS. The third kappa shape index (κ3) is 3.23.